The van der Waals surface area contributed by atoms with E-state index >= 15 is 0 Å². The Balaban J connectivity index is 0.000000880. The van der Waals surface area contributed by atoms with Crippen LogP contribution >= 0.6 is 11.8 Å². The third kappa shape index (κ3) is 4.28. The highest BCUT2D eigenvalue weighted by atomic mass is 32.2. The van der Waals surface area contributed by atoms with Gasteiger partial charge in [-0.15, -0.1) is 11.8 Å². The zero-order valence-corrected chi connectivity index (χ0v) is 16.5. The predicted molar refractivity (Wildman–Crippen MR) is 105 cm³/mol. The summed E-state index contributed by atoms with van der Waals surface area (Å²) in [6.07, 6.45) is 9.12. The maximum atomic E-state index is 12.4. The van der Waals surface area contributed by atoms with Crippen LogP contribution in [0.25, 0.3) is 0 Å². The molecule has 0 atom stereocenters. The van der Waals surface area contributed by atoms with Gasteiger partial charge in [0.05, 0.1) is 5.03 Å². The van der Waals surface area contributed by atoms with Gasteiger partial charge in [-0.3, -0.25) is 4.79 Å². The van der Waals surface area contributed by atoms with Crippen molar-refractivity contribution in [2.45, 2.75) is 75.6 Å². The molecule has 0 aromatic carbocycles. The Labute approximate surface area is 156 Å². The molecule has 0 unspecified atom stereocenters. The molecule has 3 saturated carbocycles. The van der Waals surface area contributed by atoms with Crippen LogP contribution in [-0.2, 0) is 0 Å². The van der Waals surface area contributed by atoms with Crippen molar-refractivity contribution in [3.05, 3.63) is 36.0 Å². The molecule has 4 heteroatoms. The van der Waals surface area contributed by atoms with Crippen molar-refractivity contribution in [3.63, 3.8) is 0 Å². The molecule has 1 aromatic rings. The monoisotopic (exact) mass is 358 g/mol. The highest BCUT2D eigenvalue weighted by Gasteiger charge is 2.53. The summed E-state index contributed by atoms with van der Waals surface area (Å²) in [5.74, 6) is 0.773. The van der Waals surface area contributed by atoms with E-state index in [1.165, 1.54) is 31.3 Å². The summed E-state index contributed by atoms with van der Waals surface area (Å²) in [5.41, 5.74) is 2.57. The fraction of sp³-hybridized carbons (Fsp3) is 0.619. The molecule has 3 nitrogen and oxygen atoms in total. The van der Waals surface area contributed by atoms with Crippen LogP contribution in [0.3, 0.4) is 0 Å². The van der Waals surface area contributed by atoms with Gasteiger partial charge in [0.1, 0.15) is 0 Å². The minimum atomic E-state index is 0.0562. The molecule has 0 radical (unpaired) electrons. The van der Waals surface area contributed by atoms with E-state index in [1.54, 1.807) is 18.0 Å². The summed E-state index contributed by atoms with van der Waals surface area (Å²) in [6, 6.07) is 4.11. The lowest BCUT2D eigenvalue weighted by Crippen LogP contribution is -2.56. The molecule has 1 heterocycles. The summed E-state index contributed by atoms with van der Waals surface area (Å²) < 4.78 is 0. The fourth-order valence-corrected chi connectivity index (χ4v) is 5.03. The van der Waals surface area contributed by atoms with Crippen molar-refractivity contribution < 1.29 is 4.79 Å². The number of nitrogens with one attached hydrogen (secondary N) is 1. The quantitative estimate of drug-likeness (QED) is 0.733. The number of pyridine rings is 1. The number of hydrogen-bond donors (Lipinski definition) is 1. The number of amides is 1. The number of rotatable bonds is 5. The van der Waals surface area contributed by atoms with Crippen LogP contribution in [0, 0.1) is 11.3 Å². The van der Waals surface area contributed by atoms with Crippen LogP contribution in [0.1, 0.15) is 69.7 Å². The Hall–Kier alpha value is -1.29. The van der Waals surface area contributed by atoms with Crippen LogP contribution < -0.4 is 5.32 Å². The number of carbonyl (C=O) groups excluding carboxylic acids is 1. The number of hydrogen-bond acceptors (Lipinski definition) is 3. The summed E-state index contributed by atoms with van der Waals surface area (Å²) in [5, 5.41) is 4.89. The summed E-state index contributed by atoms with van der Waals surface area (Å²) in [7, 11) is 0. The molecule has 3 aliphatic carbocycles. The molecule has 1 N–H and O–H groups in total. The van der Waals surface area contributed by atoms with Crippen LogP contribution in [0.4, 0.5) is 0 Å². The second-order valence-electron chi connectivity index (χ2n) is 7.73. The lowest BCUT2D eigenvalue weighted by molar-refractivity contribution is -0.0335. The van der Waals surface area contributed by atoms with E-state index in [4.69, 9.17) is 0 Å². The zero-order valence-electron chi connectivity index (χ0n) is 15.7. The van der Waals surface area contributed by atoms with Crippen LogP contribution in [0.15, 0.2) is 35.5 Å². The highest BCUT2D eigenvalue weighted by molar-refractivity contribution is 8.00. The number of allylic oxidation sites excluding steroid dienone is 1. The first-order valence-corrected chi connectivity index (χ1v) is 10.5. The molecule has 3 aliphatic rings. The second-order valence-corrected chi connectivity index (χ2v) is 9.05. The van der Waals surface area contributed by atoms with Crippen molar-refractivity contribution in [2.75, 3.05) is 0 Å². The van der Waals surface area contributed by atoms with Gasteiger partial charge in [0.15, 0.2) is 0 Å². The van der Waals surface area contributed by atoms with Gasteiger partial charge in [0, 0.05) is 23.1 Å². The van der Waals surface area contributed by atoms with E-state index < -0.39 is 0 Å². The van der Waals surface area contributed by atoms with Gasteiger partial charge in [0.2, 0.25) is 0 Å². The maximum Gasteiger partial charge on any atom is 0.251 e. The van der Waals surface area contributed by atoms with Crippen molar-refractivity contribution in [1.82, 2.24) is 10.3 Å². The zero-order chi connectivity index (χ0) is 18.0. The second kappa shape index (κ2) is 7.53. The Morgan fingerprint density at radius 2 is 1.96 bits per heavy atom. The smallest absolute Gasteiger partial charge is 0.251 e. The van der Waals surface area contributed by atoms with Gasteiger partial charge in [0.25, 0.3) is 5.91 Å². The molecule has 4 rings (SSSR count). The lowest BCUT2D eigenvalue weighted by atomic mass is 9.49. The topological polar surface area (TPSA) is 42.0 Å². The molecule has 1 aromatic heterocycles. The average molecular weight is 359 g/mol. The molecule has 3 fully saturated rings. The van der Waals surface area contributed by atoms with Crippen molar-refractivity contribution in [3.8, 4) is 0 Å². The van der Waals surface area contributed by atoms with Crippen molar-refractivity contribution >= 4 is 17.7 Å². The van der Waals surface area contributed by atoms with E-state index in [9.17, 15) is 4.79 Å². The molecular formula is C21H30N2OS. The first-order chi connectivity index (χ1) is 12.0. The van der Waals surface area contributed by atoms with Gasteiger partial charge in [-0.1, -0.05) is 26.0 Å². The van der Waals surface area contributed by atoms with Gasteiger partial charge in [-0.05, 0) is 68.9 Å². The normalized spacial score (nSPS) is 29.7. The molecule has 0 aliphatic heterocycles. The maximum absolute atomic E-state index is 12.4. The van der Waals surface area contributed by atoms with Gasteiger partial charge in [-0.25, -0.2) is 4.98 Å². The Morgan fingerprint density at radius 1 is 1.28 bits per heavy atom. The van der Waals surface area contributed by atoms with Crippen molar-refractivity contribution in [1.29, 1.82) is 0 Å². The third-order valence-corrected chi connectivity index (χ3v) is 6.83. The number of nitrogens with zero attached hydrogens (tertiary/aromatic N) is 1. The van der Waals surface area contributed by atoms with Gasteiger partial charge >= 0.3 is 0 Å². The Kier molecular flexibility index (Phi) is 5.57. The van der Waals surface area contributed by atoms with E-state index in [-0.39, 0.29) is 5.91 Å². The van der Waals surface area contributed by atoms with Gasteiger partial charge < -0.3 is 5.32 Å². The highest BCUT2D eigenvalue weighted by Crippen LogP contribution is 2.60. The van der Waals surface area contributed by atoms with Crippen molar-refractivity contribution in [2.24, 2.45) is 11.3 Å². The molecule has 0 saturated heterocycles. The number of thioether (sulfide) groups is 1. The van der Waals surface area contributed by atoms with E-state index in [0.29, 0.717) is 22.6 Å². The molecule has 0 bridgehead atoms. The summed E-state index contributed by atoms with van der Waals surface area (Å²) in [6.45, 7) is 10.2. The van der Waals surface area contributed by atoms with Gasteiger partial charge in [-0.2, -0.15) is 0 Å². The Morgan fingerprint density at radius 3 is 2.56 bits per heavy atom. The summed E-state index contributed by atoms with van der Waals surface area (Å²) >= 11 is 1.80. The number of carbonyl (C=O) groups is 1. The third-order valence-electron chi connectivity index (χ3n) is 5.56. The minimum Gasteiger partial charge on any atom is -0.349 e. The minimum absolute atomic E-state index is 0.0562. The van der Waals surface area contributed by atoms with E-state index in [2.05, 4.69) is 23.8 Å². The molecular weight excluding hydrogens is 328 g/mol. The first-order valence-electron chi connectivity index (χ1n) is 9.62. The predicted octanol–water partition coefficient (Wildman–Crippen LogP) is 5.23. The Bertz CT molecular complexity index is 639. The van der Waals surface area contributed by atoms with Crippen LogP contribution in [0.5, 0.6) is 0 Å². The lowest BCUT2D eigenvalue weighted by Gasteiger charge is -2.58. The largest absolute Gasteiger partial charge is 0.349 e. The molecule has 1 spiro atoms. The van der Waals surface area contributed by atoms with Crippen LogP contribution in [0.2, 0.25) is 0 Å². The SMILES string of the molecule is C=C(C)C1CC2(CC(NC(=O)c3ccnc(SC4CC4)c3)C2)C1.CC. The van der Waals surface area contributed by atoms with Crippen LogP contribution in [-0.4, -0.2) is 22.2 Å². The summed E-state index contributed by atoms with van der Waals surface area (Å²) in [4.78, 5) is 16.8. The average Bonchev–Trinajstić information content (AvgIpc) is 3.34. The first kappa shape index (κ1) is 18.5. The standard InChI is InChI=1S/C19H24N2OS.C2H6/c1-12(2)14-8-19(9-14)10-15(11-19)21-18(22)13-5-6-20-17(7-13)23-16-3-4-16;1-2/h5-7,14-16H,1,3-4,8-11H2,2H3,(H,21,22);1-2H3. The van der Waals surface area contributed by atoms with E-state index in [0.717, 1.165) is 23.4 Å². The van der Waals surface area contributed by atoms with E-state index in [1.807, 2.05) is 26.0 Å². The molecule has 1 amide bonds. The fourth-order valence-electron chi connectivity index (χ4n) is 4.00. The number of aromatic nitrogens is 1. The molecule has 25 heavy (non-hydrogen) atoms. The molecule has 136 valence electrons.